The number of halogens is 1. The van der Waals surface area contributed by atoms with E-state index in [0.717, 1.165) is 23.4 Å². The lowest BCUT2D eigenvalue weighted by Gasteiger charge is -2.26. The first-order valence-electron chi connectivity index (χ1n) is 4.70. The fraction of sp³-hybridized carbons (Fsp3) is 0.600. The van der Waals surface area contributed by atoms with Crippen molar-refractivity contribution >= 4 is 15.9 Å². The molecule has 0 aromatic carbocycles. The van der Waals surface area contributed by atoms with Crippen LogP contribution < -0.4 is 5.32 Å². The van der Waals surface area contributed by atoms with Crippen LogP contribution in [0.4, 0.5) is 0 Å². The molecule has 0 saturated heterocycles. The number of fused-ring (bicyclic) bond motifs is 1. The third-order valence-electron chi connectivity index (χ3n) is 2.53. The van der Waals surface area contributed by atoms with Crippen LogP contribution in [0.5, 0.6) is 0 Å². The minimum absolute atomic E-state index is 0.457. The number of rotatable bonds is 1. The third-order valence-corrected chi connectivity index (χ3v) is 2.92. The average Bonchev–Trinajstić information content (AvgIpc) is 2.43. The monoisotopic (exact) mass is 243 g/mol. The van der Waals surface area contributed by atoms with Crippen LogP contribution in [0.15, 0.2) is 15.2 Å². The van der Waals surface area contributed by atoms with E-state index in [1.807, 2.05) is 0 Å². The highest BCUT2D eigenvalue weighted by molar-refractivity contribution is 9.10. The fourth-order valence-corrected chi connectivity index (χ4v) is 2.36. The topological polar surface area (TPSA) is 25.2 Å². The van der Waals surface area contributed by atoms with Crippen LogP contribution in [0.3, 0.4) is 0 Å². The Hall–Kier alpha value is -0.280. The van der Waals surface area contributed by atoms with Crippen LogP contribution in [0.2, 0.25) is 0 Å². The number of furan rings is 1. The molecule has 1 aromatic heterocycles. The molecule has 0 bridgehead atoms. The van der Waals surface area contributed by atoms with Gasteiger partial charge in [-0.15, -0.1) is 0 Å². The van der Waals surface area contributed by atoms with Gasteiger partial charge in [-0.05, 0) is 27.9 Å². The van der Waals surface area contributed by atoms with E-state index in [1.54, 1.807) is 0 Å². The second kappa shape index (κ2) is 3.46. The first-order valence-corrected chi connectivity index (χ1v) is 5.49. The molecular formula is C10H14BrNO. The van der Waals surface area contributed by atoms with E-state index in [4.69, 9.17) is 4.42 Å². The van der Waals surface area contributed by atoms with Gasteiger partial charge in [0, 0.05) is 24.6 Å². The molecule has 0 amide bonds. The first kappa shape index (κ1) is 9.28. The van der Waals surface area contributed by atoms with Crippen LogP contribution in [0, 0.1) is 5.92 Å². The highest BCUT2D eigenvalue weighted by Gasteiger charge is 2.25. The summed E-state index contributed by atoms with van der Waals surface area (Å²) in [4.78, 5) is 0. The molecule has 1 atom stereocenters. The van der Waals surface area contributed by atoms with Gasteiger partial charge in [0.2, 0.25) is 0 Å². The molecular weight excluding hydrogens is 230 g/mol. The molecule has 1 N–H and O–H groups in total. The summed E-state index contributed by atoms with van der Waals surface area (Å²) in [7, 11) is 0. The van der Waals surface area contributed by atoms with E-state index in [9.17, 15) is 0 Å². The Labute approximate surface area is 86.8 Å². The van der Waals surface area contributed by atoms with Gasteiger partial charge in [0.25, 0.3) is 0 Å². The van der Waals surface area contributed by atoms with Gasteiger partial charge in [-0.1, -0.05) is 13.8 Å². The predicted octanol–water partition coefficient (Wildman–Crippen LogP) is 2.88. The molecule has 0 aliphatic carbocycles. The van der Waals surface area contributed by atoms with Gasteiger partial charge in [-0.25, -0.2) is 0 Å². The van der Waals surface area contributed by atoms with Crippen LogP contribution in [-0.4, -0.2) is 6.54 Å². The molecule has 3 heteroatoms. The molecule has 1 aliphatic rings. The van der Waals surface area contributed by atoms with Crippen molar-refractivity contribution in [1.29, 1.82) is 0 Å². The molecule has 72 valence electrons. The SMILES string of the molecule is CC(C)C1NCCc2oc(Br)cc21. The van der Waals surface area contributed by atoms with E-state index in [-0.39, 0.29) is 0 Å². The molecule has 0 saturated carbocycles. The van der Waals surface area contributed by atoms with E-state index in [0.29, 0.717) is 12.0 Å². The summed E-state index contributed by atoms with van der Waals surface area (Å²) < 4.78 is 6.42. The second-order valence-corrected chi connectivity index (χ2v) is 4.64. The lowest BCUT2D eigenvalue weighted by molar-refractivity contribution is 0.365. The third kappa shape index (κ3) is 1.67. The van der Waals surface area contributed by atoms with Gasteiger partial charge in [-0.2, -0.15) is 0 Å². The predicted molar refractivity (Wildman–Crippen MR) is 55.7 cm³/mol. The largest absolute Gasteiger partial charge is 0.454 e. The zero-order chi connectivity index (χ0) is 9.42. The molecule has 13 heavy (non-hydrogen) atoms. The highest BCUT2D eigenvalue weighted by atomic mass is 79.9. The Balaban J connectivity index is 2.36. The van der Waals surface area contributed by atoms with E-state index in [1.165, 1.54) is 5.56 Å². The molecule has 2 heterocycles. The van der Waals surface area contributed by atoms with Gasteiger partial charge in [0.1, 0.15) is 5.76 Å². The minimum atomic E-state index is 0.457. The van der Waals surface area contributed by atoms with Crippen molar-refractivity contribution in [2.24, 2.45) is 5.92 Å². The summed E-state index contributed by atoms with van der Waals surface area (Å²) in [6.45, 7) is 5.48. The quantitative estimate of drug-likeness (QED) is 0.821. The van der Waals surface area contributed by atoms with Crippen molar-refractivity contribution in [2.45, 2.75) is 26.3 Å². The molecule has 1 unspecified atom stereocenters. The van der Waals surface area contributed by atoms with Gasteiger partial charge >= 0.3 is 0 Å². The first-order chi connectivity index (χ1) is 6.18. The summed E-state index contributed by atoms with van der Waals surface area (Å²) in [5.74, 6) is 1.76. The summed E-state index contributed by atoms with van der Waals surface area (Å²) in [5, 5.41) is 3.51. The van der Waals surface area contributed by atoms with Gasteiger partial charge in [-0.3, -0.25) is 0 Å². The van der Waals surface area contributed by atoms with Crippen molar-refractivity contribution in [2.75, 3.05) is 6.54 Å². The van der Waals surface area contributed by atoms with Gasteiger partial charge in [0.15, 0.2) is 4.67 Å². The fourth-order valence-electron chi connectivity index (χ4n) is 1.91. The van der Waals surface area contributed by atoms with Crippen molar-refractivity contribution in [3.05, 3.63) is 22.1 Å². The van der Waals surface area contributed by atoms with Crippen molar-refractivity contribution in [3.8, 4) is 0 Å². The van der Waals surface area contributed by atoms with E-state index in [2.05, 4.69) is 41.2 Å². The zero-order valence-electron chi connectivity index (χ0n) is 7.93. The molecule has 2 rings (SSSR count). The summed E-state index contributed by atoms with van der Waals surface area (Å²) in [6, 6.07) is 2.55. The summed E-state index contributed by atoms with van der Waals surface area (Å²) >= 11 is 3.37. The van der Waals surface area contributed by atoms with Crippen molar-refractivity contribution < 1.29 is 4.42 Å². The lowest BCUT2D eigenvalue weighted by Crippen LogP contribution is -2.32. The molecule has 0 radical (unpaired) electrons. The molecule has 1 aliphatic heterocycles. The maximum absolute atomic E-state index is 5.56. The maximum atomic E-state index is 5.56. The Morgan fingerprint density at radius 3 is 3.08 bits per heavy atom. The number of hydrogen-bond acceptors (Lipinski definition) is 2. The molecule has 2 nitrogen and oxygen atoms in total. The summed E-state index contributed by atoms with van der Waals surface area (Å²) in [5.41, 5.74) is 1.33. The maximum Gasteiger partial charge on any atom is 0.169 e. The zero-order valence-corrected chi connectivity index (χ0v) is 9.52. The highest BCUT2D eigenvalue weighted by Crippen LogP contribution is 2.32. The Morgan fingerprint density at radius 2 is 2.38 bits per heavy atom. The number of hydrogen-bond donors (Lipinski definition) is 1. The molecule has 0 spiro atoms. The normalized spacial score (nSPS) is 22.0. The standard InChI is InChI=1S/C10H14BrNO/c1-6(2)10-7-5-9(11)13-8(7)3-4-12-10/h5-6,10,12H,3-4H2,1-2H3. The Morgan fingerprint density at radius 1 is 1.62 bits per heavy atom. The summed E-state index contributed by atoms with van der Waals surface area (Å²) in [6.07, 6.45) is 1.00. The average molecular weight is 244 g/mol. The second-order valence-electron chi connectivity index (χ2n) is 3.85. The van der Waals surface area contributed by atoms with E-state index >= 15 is 0 Å². The Bertz CT molecular complexity index is 306. The smallest absolute Gasteiger partial charge is 0.169 e. The van der Waals surface area contributed by atoms with Crippen LogP contribution in [0.25, 0.3) is 0 Å². The molecule has 1 aromatic rings. The van der Waals surface area contributed by atoms with Crippen molar-refractivity contribution in [3.63, 3.8) is 0 Å². The minimum Gasteiger partial charge on any atom is -0.454 e. The van der Waals surface area contributed by atoms with Gasteiger partial charge in [0.05, 0.1) is 0 Å². The van der Waals surface area contributed by atoms with Gasteiger partial charge < -0.3 is 9.73 Å². The van der Waals surface area contributed by atoms with Crippen LogP contribution >= 0.6 is 15.9 Å². The lowest BCUT2D eigenvalue weighted by atomic mass is 9.93. The van der Waals surface area contributed by atoms with Crippen LogP contribution in [0.1, 0.15) is 31.2 Å². The van der Waals surface area contributed by atoms with E-state index < -0.39 is 0 Å². The van der Waals surface area contributed by atoms with Crippen molar-refractivity contribution in [1.82, 2.24) is 5.32 Å². The molecule has 0 fully saturated rings. The number of nitrogens with one attached hydrogen (secondary N) is 1. The Kier molecular flexibility index (Phi) is 2.47. The van der Waals surface area contributed by atoms with Crippen LogP contribution in [-0.2, 0) is 6.42 Å².